The molecule has 1 aromatic heterocycles. The summed E-state index contributed by atoms with van der Waals surface area (Å²) in [5.74, 6) is -1.97. The lowest BCUT2D eigenvalue weighted by atomic mass is 10.2. The summed E-state index contributed by atoms with van der Waals surface area (Å²) in [6.45, 7) is 0. The number of aromatic nitrogens is 2. The second kappa shape index (κ2) is 5.35. The predicted molar refractivity (Wildman–Crippen MR) is 86.1 cm³/mol. The standard InChI is InChI=1S/C13H5BrCl2F2N2S/c14-5-1-4-8(10(16)9(5)15)20-12-7(19-13(20)21)3-2-6(17)11(12)18/h1-4H,(H,19,21). The normalized spacial score (nSPS) is 11.3. The van der Waals surface area contributed by atoms with Gasteiger partial charge in [0.05, 0.1) is 21.2 Å². The molecule has 2 aromatic carbocycles. The Morgan fingerprint density at radius 3 is 2.52 bits per heavy atom. The first-order chi connectivity index (χ1) is 9.91. The van der Waals surface area contributed by atoms with Gasteiger partial charge in [-0.1, -0.05) is 23.2 Å². The van der Waals surface area contributed by atoms with Crippen LogP contribution in [0.2, 0.25) is 10.0 Å². The number of aromatic amines is 1. The molecule has 108 valence electrons. The molecule has 0 bridgehead atoms. The second-order valence-electron chi connectivity index (χ2n) is 4.22. The predicted octanol–water partition coefficient (Wildman–Crippen LogP) is 6.04. The van der Waals surface area contributed by atoms with Crippen LogP contribution in [-0.2, 0) is 0 Å². The summed E-state index contributed by atoms with van der Waals surface area (Å²) in [5, 5.41) is 0.453. The highest BCUT2D eigenvalue weighted by Crippen LogP contribution is 2.36. The summed E-state index contributed by atoms with van der Waals surface area (Å²) in [6, 6.07) is 5.71. The summed E-state index contributed by atoms with van der Waals surface area (Å²) < 4.78 is 29.7. The number of hydrogen-bond donors (Lipinski definition) is 1. The topological polar surface area (TPSA) is 20.7 Å². The maximum absolute atomic E-state index is 14.1. The zero-order valence-corrected chi connectivity index (χ0v) is 14.0. The summed E-state index contributed by atoms with van der Waals surface area (Å²) in [5.41, 5.74) is 0.722. The Labute approximate surface area is 141 Å². The Kier molecular flexibility index (Phi) is 3.81. The Morgan fingerprint density at radius 1 is 1.10 bits per heavy atom. The molecule has 3 aromatic rings. The lowest BCUT2D eigenvalue weighted by molar-refractivity contribution is 0.514. The molecule has 0 unspecified atom stereocenters. The first-order valence-corrected chi connectivity index (χ1v) is 7.60. The number of H-pyrrole nitrogens is 1. The van der Waals surface area contributed by atoms with Gasteiger partial charge in [0.1, 0.15) is 5.52 Å². The van der Waals surface area contributed by atoms with Crippen LogP contribution in [0, 0.1) is 16.4 Å². The van der Waals surface area contributed by atoms with Gasteiger partial charge in [-0.25, -0.2) is 8.78 Å². The van der Waals surface area contributed by atoms with Gasteiger partial charge < -0.3 is 4.98 Å². The zero-order valence-electron chi connectivity index (χ0n) is 10.1. The lowest BCUT2D eigenvalue weighted by Crippen LogP contribution is -1.99. The van der Waals surface area contributed by atoms with Crippen molar-refractivity contribution in [2.45, 2.75) is 0 Å². The van der Waals surface area contributed by atoms with Gasteiger partial charge in [-0.2, -0.15) is 0 Å². The molecule has 0 spiro atoms. The minimum Gasteiger partial charge on any atom is -0.330 e. The van der Waals surface area contributed by atoms with E-state index in [1.807, 2.05) is 0 Å². The molecule has 0 amide bonds. The maximum atomic E-state index is 14.1. The Hall–Kier alpha value is -0.950. The van der Waals surface area contributed by atoms with Crippen molar-refractivity contribution in [1.29, 1.82) is 0 Å². The van der Waals surface area contributed by atoms with E-state index < -0.39 is 11.6 Å². The van der Waals surface area contributed by atoms with Gasteiger partial charge in [0.2, 0.25) is 0 Å². The number of rotatable bonds is 1. The van der Waals surface area contributed by atoms with Gasteiger partial charge in [-0.15, -0.1) is 0 Å². The fourth-order valence-corrected chi connectivity index (χ4v) is 3.20. The van der Waals surface area contributed by atoms with Crippen LogP contribution in [0.5, 0.6) is 0 Å². The molecule has 1 heterocycles. The summed E-state index contributed by atoms with van der Waals surface area (Å²) in [4.78, 5) is 2.81. The second-order valence-corrected chi connectivity index (χ2v) is 6.21. The molecule has 3 rings (SSSR count). The van der Waals surface area contributed by atoms with Crippen molar-refractivity contribution in [2.24, 2.45) is 0 Å². The number of fused-ring (bicyclic) bond motifs is 1. The highest BCUT2D eigenvalue weighted by Gasteiger charge is 2.18. The molecular formula is C13H5BrCl2F2N2S. The molecule has 0 aliphatic carbocycles. The SMILES string of the molecule is Fc1ccc2[nH]c(=S)n(-c3ccc(Br)c(Cl)c3Cl)c2c1F. The third-order valence-electron chi connectivity index (χ3n) is 2.99. The van der Waals surface area contributed by atoms with E-state index in [-0.39, 0.29) is 20.3 Å². The molecule has 0 radical (unpaired) electrons. The number of nitrogens with zero attached hydrogens (tertiary/aromatic N) is 1. The molecule has 0 atom stereocenters. The van der Waals surface area contributed by atoms with Crippen molar-refractivity contribution in [3.05, 3.63) is 55.2 Å². The zero-order chi connectivity index (χ0) is 15.3. The van der Waals surface area contributed by atoms with Crippen LogP contribution >= 0.6 is 51.3 Å². The van der Waals surface area contributed by atoms with Crippen molar-refractivity contribution < 1.29 is 8.78 Å². The number of hydrogen-bond acceptors (Lipinski definition) is 1. The monoisotopic (exact) mass is 408 g/mol. The highest BCUT2D eigenvalue weighted by atomic mass is 79.9. The van der Waals surface area contributed by atoms with Gasteiger partial charge in [0.15, 0.2) is 16.4 Å². The molecule has 0 saturated heterocycles. The van der Waals surface area contributed by atoms with Crippen LogP contribution in [0.15, 0.2) is 28.7 Å². The van der Waals surface area contributed by atoms with E-state index in [1.54, 1.807) is 12.1 Å². The van der Waals surface area contributed by atoms with E-state index in [0.29, 0.717) is 15.7 Å². The molecule has 1 N–H and O–H groups in total. The van der Waals surface area contributed by atoms with Gasteiger partial charge in [0, 0.05) is 4.47 Å². The van der Waals surface area contributed by atoms with E-state index >= 15 is 0 Å². The van der Waals surface area contributed by atoms with Crippen molar-refractivity contribution in [2.75, 3.05) is 0 Å². The first kappa shape index (κ1) is 15.0. The van der Waals surface area contributed by atoms with E-state index in [0.717, 1.165) is 6.07 Å². The van der Waals surface area contributed by atoms with Gasteiger partial charge in [-0.05, 0) is 52.4 Å². The Balaban J connectivity index is 2.46. The van der Waals surface area contributed by atoms with E-state index in [1.165, 1.54) is 10.6 Å². The maximum Gasteiger partial charge on any atom is 0.184 e. The third-order valence-corrected chi connectivity index (χ3v) is 5.04. The van der Waals surface area contributed by atoms with E-state index in [2.05, 4.69) is 20.9 Å². The number of halogens is 5. The average Bonchev–Trinajstić information content (AvgIpc) is 2.78. The molecular weight excluding hydrogens is 405 g/mol. The van der Waals surface area contributed by atoms with E-state index in [9.17, 15) is 8.78 Å². The third kappa shape index (κ3) is 2.30. The fraction of sp³-hybridized carbons (Fsp3) is 0. The Bertz CT molecular complexity index is 936. The minimum atomic E-state index is -1.00. The molecule has 2 nitrogen and oxygen atoms in total. The van der Waals surface area contributed by atoms with Gasteiger partial charge in [0.25, 0.3) is 0 Å². The largest absolute Gasteiger partial charge is 0.330 e. The number of benzene rings is 2. The summed E-state index contributed by atoms with van der Waals surface area (Å²) in [6.07, 6.45) is 0. The molecule has 0 saturated carbocycles. The van der Waals surface area contributed by atoms with Crippen molar-refractivity contribution in [3.63, 3.8) is 0 Å². The Morgan fingerprint density at radius 2 is 1.81 bits per heavy atom. The smallest absolute Gasteiger partial charge is 0.184 e. The quantitative estimate of drug-likeness (QED) is 0.384. The van der Waals surface area contributed by atoms with Gasteiger partial charge in [-0.3, -0.25) is 4.57 Å². The first-order valence-electron chi connectivity index (χ1n) is 5.64. The summed E-state index contributed by atoms with van der Waals surface area (Å²) >= 11 is 20.7. The minimum absolute atomic E-state index is 0.0136. The van der Waals surface area contributed by atoms with Crippen LogP contribution in [0.3, 0.4) is 0 Å². The van der Waals surface area contributed by atoms with Crippen molar-refractivity contribution >= 4 is 62.4 Å². The average molecular weight is 410 g/mol. The van der Waals surface area contributed by atoms with Crippen molar-refractivity contribution in [3.8, 4) is 5.69 Å². The summed E-state index contributed by atoms with van der Waals surface area (Å²) in [7, 11) is 0. The van der Waals surface area contributed by atoms with Crippen LogP contribution < -0.4 is 0 Å². The lowest BCUT2D eigenvalue weighted by Gasteiger charge is -2.10. The van der Waals surface area contributed by atoms with Crippen LogP contribution in [0.1, 0.15) is 0 Å². The van der Waals surface area contributed by atoms with Crippen LogP contribution in [0.25, 0.3) is 16.7 Å². The van der Waals surface area contributed by atoms with Gasteiger partial charge >= 0.3 is 0 Å². The highest BCUT2D eigenvalue weighted by molar-refractivity contribution is 9.10. The molecule has 8 heteroatoms. The molecule has 0 fully saturated rings. The molecule has 0 aliphatic heterocycles. The van der Waals surface area contributed by atoms with Crippen LogP contribution in [0.4, 0.5) is 8.78 Å². The molecule has 0 aliphatic rings. The number of nitrogens with one attached hydrogen (secondary N) is 1. The van der Waals surface area contributed by atoms with Crippen molar-refractivity contribution in [1.82, 2.24) is 9.55 Å². The number of imidazole rings is 1. The van der Waals surface area contributed by atoms with Crippen LogP contribution in [-0.4, -0.2) is 9.55 Å². The fourth-order valence-electron chi connectivity index (χ4n) is 2.05. The molecule has 21 heavy (non-hydrogen) atoms. The van der Waals surface area contributed by atoms with E-state index in [4.69, 9.17) is 35.4 Å².